The van der Waals surface area contributed by atoms with Gasteiger partial charge in [0.25, 0.3) is 5.91 Å². The minimum absolute atomic E-state index is 0.168. The standard InChI is InChI=1S/C10H17N5O/c1-7(11)3-2-6-13-9-5-4-8(10(12)16)14-15-9/h4-5,7H,2-3,6,11H2,1H3,(H2,12,16)(H,13,15). The van der Waals surface area contributed by atoms with Crippen LogP contribution in [0.4, 0.5) is 5.82 Å². The molecule has 88 valence electrons. The molecule has 6 heteroatoms. The highest BCUT2D eigenvalue weighted by atomic mass is 16.1. The zero-order valence-corrected chi connectivity index (χ0v) is 9.31. The third kappa shape index (κ3) is 4.22. The SMILES string of the molecule is CC(N)CCCNc1ccc(C(N)=O)nn1. The normalized spacial score (nSPS) is 12.1. The Labute approximate surface area is 94.4 Å². The summed E-state index contributed by atoms with van der Waals surface area (Å²) in [7, 11) is 0. The van der Waals surface area contributed by atoms with Crippen molar-refractivity contribution < 1.29 is 4.79 Å². The molecular weight excluding hydrogens is 206 g/mol. The van der Waals surface area contributed by atoms with Gasteiger partial charge in [0.05, 0.1) is 0 Å². The third-order valence-corrected chi connectivity index (χ3v) is 2.06. The highest BCUT2D eigenvalue weighted by Crippen LogP contribution is 2.02. The van der Waals surface area contributed by atoms with E-state index < -0.39 is 5.91 Å². The van der Waals surface area contributed by atoms with Crippen LogP contribution in [0.25, 0.3) is 0 Å². The highest BCUT2D eigenvalue weighted by Gasteiger charge is 2.02. The van der Waals surface area contributed by atoms with Gasteiger partial charge in [-0.05, 0) is 31.9 Å². The van der Waals surface area contributed by atoms with Crippen LogP contribution < -0.4 is 16.8 Å². The number of rotatable bonds is 6. The quantitative estimate of drug-likeness (QED) is 0.593. The first kappa shape index (κ1) is 12.4. The Morgan fingerprint density at radius 1 is 1.50 bits per heavy atom. The van der Waals surface area contributed by atoms with Gasteiger partial charge in [0, 0.05) is 12.6 Å². The smallest absolute Gasteiger partial charge is 0.269 e. The lowest BCUT2D eigenvalue weighted by Gasteiger charge is -2.06. The summed E-state index contributed by atoms with van der Waals surface area (Å²) in [6.07, 6.45) is 1.93. The predicted octanol–water partition coefficient (Wildman–Crippen LogP) is 0.115. The monoisotopic (exact) mass is 223 g/mol. The van der Waals surface area contributed by atoms with Crippen molar-refractivity contribution in [3.05, 3.63) is 17.8 Å². The Morgan fingerprint density at radius 2 is 2.25 bits per heavy atom. The lowest BCUT2D eigenvalue weighted by molar-refractivity contribution is 0.0994. The van der Waals surface area contributed by atoms with E-state index in [1.807, 2.05) is 6.92 Å². The molecule has 0 saturated heterocycles. The second kappa shape index (κ2) is 6.02. The molecule has 0 aromatic carbocycles. The maximum Gasteiger partial charge on any atom is 0.269 e. The fourth-order valence-electron chi connectivity index (χ4n) is 1.20. The summed E-state index contributed by atoms with van der Waals surface area (Å²) in [4.78, 5) is 10.7. The molecule has 0 saturated carbocycles. The number of primary amides is 1. The summed E-state index contributed by atoms with van der Waals surface area (Å²) in [5, 5.41) is 10.6. The van der Waals surface area contributed by atoms with Crippen molar-refractivity contribution in [2.24, 2.45) is 11.5 Å². The van der Waals surface area contributed by atoms with Crippen LogP contribution in [0.3, 0.4) is 0 Å². The largest absolute Gasteiger partial charge is 0.369 e. The first-order valence-electron chi connectivity index (χ1n) is 5.22. The van der Waals surface area contributed by atoms with Gasteiger partial charge in [-0.3, -0.25) is 4.79 Å². The maximum absolute atomic E-state index is 10.7. The summed E-state index contributed by atoms with van der Waals surface area (Å²) < 4.78 is 0. The molecular formula is C10H17N5O. The molecule has 0 spiro atoms. The molecule has 0 aliphatic heterocycles. The van der Waals surface area contributed by atoms with Gasteiger partial charge in [-0.15, -0.1) is 10.2 Å². The zero-order chi connectivity index (χ0) is 12.0. The van der Waals surface area contributed by atoms with Gasteiger partial charge in [-0.25, -0.2) is 0 Å². The van der Waals surface area contributed by atoms with E-state index in [0.717, 1.165) is 19.4 Å². The minimum Gasteiger partial charge on any atom is -0.369 e. The maximum atomic E-state index is 10.7. The number of hydrogen-bond donors (Lipinski definition) is 3. The van der Waals surface area contributed by atoms with Crippen molar-refractivity contribution in [3.8, 4) is 0 Å². The van der Waals surface area contributed by atoms with E-state index in [1.54, 1.807) is 12.1 Å². The molecule has 5 N–H and O–H groups in total. The first-order chi connectivity index (χ1) is 7.59. The van der Waals surface area contributed by atoms with Crippen molar-refractivity contribution in [3.63, 3.8) is 0 Å². The highest BCUT2D eigenvalue weighted by molar-refractivity contribution is 5.90. The molecule has 1 aromatic rings. The van der Waals surface area contributed by atoms with E-state index in [-0.39, 0.29) is 11.7 Å². The number of aromatic nitrogens is 2. The Hall–Kier alpha value is -1.69. The summed E-state index contributed by atoms with van der Waals surface area (Å²) in [6.45, 7) is 2.76. The summed E-state index contributed by atoms with van der Waals surface area (Å²) >= 11 is 0. The molecule has 1 rings (SSSR count). The fraction of sp³-hybridized carbons (Fsp3) is 0.500. The predicted molar refractivity (Wildman–Crippen MR) is 61.9 cm³/mol. The lowest BCUT2D eigenvalue weighted by atomic mass is 10.2. The summed E-state index contributed by atoms with van der Waals surface area (Å²) in [5.41, 5.74) is 10.8. The molecule has 1 unspecified atom stereocenters. The van der Waals surface area contributed by atoms with Crippen molar-refractivity contribution >= 4 is 11.7 Å². The Kier molecular flexibility index (Phi) is 4.65. The number of nitrogens with two attached hydrogens (primary N) is 2. The van der Waals surface area contributed by atoms with Crippen molar-refractivity contribution in [1.29, 1.82) is 0 Å². The Bertz CT molecular complexity index is 336. The van der Waals surface area contributed by atoms with Gasteiger partial charge in [-0.1, -0.05) is 0 Å². The van der Waals surface area contributed by atoms with E-state index >= 15 is 0 Å². The van der Waals surface area contributed by atoms with Gasteiger partial charge in [0.1, 0.15) is 5.82 Å². The number of carbonyl (C=O) groups excluding carboxylic acids is 1. The van der Waals surface area contributed by atoms with Gasteiger partial charge in [-0.2, -0.15) is 0 Å². The number of nitrogens with zero attached hydrogens (tertiary/aromatic N) is 2. The number of amides is 1. The molecule has 1 aromatic heterocycles. The fourth-order valence-corrected chi connectivity index (χ4v) is 1.20. The van der Waals surface area contributed by atoms with Gasteiger partial charge in [0.15, 0.2) is 5.69 Å². The summed E-state index contributed by atoms with van der Waals surface area (Å²) in [5.74, 6) is 0.0608. The van der Waals surface area contributed by atoms with Crippen LogP contribution in [0, 0.1) is 0 Å². The summed E-state index contributed by atoms with van der Waals surface area (Å²) in [6, 6.07) is 3.44. The second-order valence-corrected chi connectivity index (χ2v) is 3.71. The second-order valence-electron chi connectivity index (χ2n) is 3.71. The molecule has 1 atom stereocenters. The third-order valence-electron chi connectivity index (χ3n) is 2.06. The van der Waals surface area contributed by atoms with Crippen molar-refractivity contribution in [1.82, 2.24) is 10.2 Å². The van der Waals surface area contributed by atoms with E-state index in [1.165, 1.54) is 0 Å². The first-order valence-corrected chi connectivity index (χ1v) is 5.22. The van der Waals surface area contributed by atoms with E-state index in [0.29, 0.717) is 5.82 Å². The number of nitrogens with one attached hydrogen (secondary N) is 1. The van der Waals surface area contributed by atoms with Crippen molar-refractivity contribution in [2.75, 3.05) is 11.9 Å². The molecule has 6 nitrogen and oxygen atoms in total. The van der Waals surface area contributed by atoms with Crippen LogP contribution in [0.15, 0.2) is 12.1 Å². The van der Waals surface area contributed by atoms with Crippen molar-refractivity contribution in [2.45, 2.75) is 25.8 Å². The molecule has 0 aliphatic rings. The minimum atomic E-state index is -0.573. The van der Waals surface area contributed by atoms with Gasteiger partial charge in [0.2, 0.25) is 0 Å². The molecule has 1 amide bonds. The Morgan fingerprint density at radius 3 is 2.75 bits per heavy atom. The number of carbonyl (C=O) groups is 1. The lowest BCUT2D eigenvalue weighted by Crippen LogP contribution is -2.17. The van der Waals surface area contributed by atoms with E-state index in [9.17, 15) is 4.79 Å². The van der Waals surface area contributed by atoms with E-state index in [2.05, 4.69) is 15.5 Å². The molecule has 0 bridgehead atoms. The average Bonchev–Trinajstić information content (AvgIpc) is 2.25. The number of hydrogen-bond acceptors (Lipinski definition) is 5. The van der Waals surface area contributed by atoms with Gasteiger partial charge < -0.3 is 16.8 Å². The van der Waals surface area contributed by atoms with Crippen LogP contribution in [-0.4, -0.2) is 28.7 Å². The zero-order valence-electron chi connectivity index (χ0n) is 9.31. The van der Waals surface area contributed by atoms with Gasteiger partial charge >= 0.3 is 0 Å². The molecule has 16 heavy (non-hydrogen) atoms. The van der Waals surface area contributed by atoms with Crippen LogP contribution in [0.5, 0.6) is 0 Å². The topological polar surface area (TPSA) is 107 Å². The van der Waals surface area contributed by atoms with Crippen LogP contribution in [0.1, 0.15) is 30.3 Å². The van der Waals surface area contributed by atoms with Crippen LogP contribution in [-0.2, 0) is 0 Å². The van der Waals surface area contributed by atoms with E-state index in [4.69, 9.17) is 11.5 Å². The molecule has 0 aliphatic carbocycles. The molecule has 0 radical (unpaired) electrons. The van der Waals surface area contributed by atoms with Crippen LogP contribution in [0.2, 0.25) is 0 Å². The molecule has 1 heterocycles. The average molecular weight is 223 g/mol. The number of anilines is 1. The molecule has 0 fully saturated rings. The Balaban J connectivity index is 2.35. The van der Waals surface area contributed by atoms with Crippen LogP contribution >= 0.6 is 0 Å².